The molecule has 2 aliphatic heterocycles. The second-order valence-electron chi connectivity index (χ2n) is 8.46. The molecule has 2 aliphatic rings. The quantitative estimate of drug-likeness (QED) is 0.548. The fourth-order valence-electron chi connectivity index (χ4n) is 4.31. The number of guanidine groups is 1. The number of likely N-dealkylation sites (tertiary alicyclic amines) is 1. The van der Waals surface area contributed by atoms with Crippen molar-refractivity contribution in [2.45, 2.75) is 32.7 Å². The van der Waals surface area contributed by atoms with Crippen LogP contribution in [0.3, 0.4) is 0 Å². The van der Waals surface area contributed by atoms with Gasteiger partial charge >= 0.3 is 0 Å². The molecular formula is C23H33FN6S. The van der Waals surface area contributed by atoms with Crippen LogP contribution in [-0.4, -0.2) is 66.6 Å². The van der Waals surface area contributed by atoms with E-state index in [0.717, 1.165) is 64.5 Å². The molecule has 1 aromatic heterocycles. The summed E-state index contributed by atoms with van der Waals surface area (Å²) in [6.45, 7) is 9.59. The Labute approximate surface area is 188 Å². The zero-order valence-electron chi connectivity index (χ0n) is 18.3. The molecule has 0 aliphatic carbocycles. The molecule has 1 aromatic carbocycles. The Hall–Kier alpha value is -2.19. The third-order valence-electron chi connectivity index (χ3n) is 6.30. The van der Waals surface area contributed by atoms with Crippen LogP contribution in [0.25, 0.3) is 0 Å². The molecule has 2 fully saturated rings. The molecule has 3 heterocycles. The molecule has 6 nitrogen and oxygen atoms in total. The van der Waals surface area contributed by atoms with Crippen molar-refractivity contribution in [3.63, 3.8) is 0 Å². The Morgan fingerprint density at radius 1 is 1.13 bits per heavy atom. The summed E-state index contributed by atoms with van der Waals surface area (Å²) in [6, 6.07) is 6.71. The smallest absolute Gasteiger partial charge is 0.191 e. The molecule has 4 rings (SSSR count). The predicted octanol–water partition coefficient (Wildman–Crippen LogP) is 3.19. The second-order valence-corrected chi connectivity index (χ2v) is 9.40. The number of hydrogen-bond acceptors (Lipinski definition) is 5. The highest BCUT2D eigenvalue weighted by Crippen LogP contribution is 2.21. The van der Waals surface area contributed by atoms with Crippen LogP contribution in [-0.2, 0) is 13.0 Å². The lowest BCUT2D eigenvalue weighted by Gasteiger charge is -2.37. The van der Waals surface area contributed by atoms with E-state index in [2.05, 4.69) is 27.0 Å². The van der Waals surface area contributed by atoms with E-state index >= 15 is 0 Å². The Kier molecular flexibility index (Phi) is 7.40. The van der Waals surface area contributed by atoms with Gasteiger partial charge in [0.2, 0.25) is 0 Å². The number of rotatable bonds is 6. The third kappa shape index (κ3) is 5.95. The zero-order valence-corrected chi connectivity index (χ0v) is 19.2. The normalized spacial score (nSPS) is 19.2. The van der Waals surface area contributed by atoms with Crippen molar-refractivity contribution in [3.8, 4) is 0 Å². The van der Waals surface area contributed by atoms with Crippen LogP contribution in [0.1, 0.15) is 30.5 Å². The van der Waals surface area contributed by atoms with Gasteiger partial charge in [-0.25, -0.2) is 9.37 Å². The van der Waals surface area contributed by atoms with Gasteiger partial charge in [-0.1, -0.05) is 6.92 Å². The van der Waals surface area contributed by atoms with E-state index in [-0.39, 0.29) is 5.82 Å². The molecule has 2 saturated heterocycles. The molecule has 2 N–H and O–H groups in total. The minimum Gasteiger partial charge on any atom is -0.370 e. The van der Waals surface area contributed by atoms with Crippen LogP contribution < -0.4 is 10.6 Å². The second kappa shape index (κ2) is 10.4. The van der Waals surface area contributed by atoms with Crippen molar-refractivity contribution in [3.05, 3.63) is 46.2 Å². The largest absolute Gasteiger partial charge is 0.370 e. The molecule has 0 unspecified atom stereocenters. The van der Waals surface area contributed by atoms with Crippen molar-refractivity contribution in [1.29, 1.82) is 0 Å². The Bertz CT molecular complexity index is 851. The summed E-state index contributed by atoms with van der Waals surface area (Å²) in [5.74, 6) is 1.08. The predicted molar refractivity (Wildman–Crippen MR) is 126 cm³/mol. The van der Waals surface area contributed by atoms with E-state index in [1.165, 1.54) is 35.7 Å². The van der Waals surface area contributed by atoms with Crippen molar-refractivity contribution in [2.24, 2.45) is 16.6 Å². The van der Waals surface area contributed by atoms with Crippen LogP contribution in [0.4, 0.5) is 10.1 Å². The Morgan fingerprint density at radius 2 is 1.84 bits per heavy atom. The molecule has 0 radical (unpaired) electrons. The maximum Gasteiger partial charge on any atom is 0.191 e. The Balaban J connectivity index is 1.18. The number of piperazine rings is 1. The molecule has 2 aromatic rings. The van der Waals surface area contributed by atoms with Crippen LogP contribution in [0.5, 0.6) is 0 Å². The van der Waals surface area contributed by atoms with Crippen molar-refractivity contribution in [1.82, 2.24) is 14.8 Å². The molecule has 31 heavy (non-hydrogen) atoms. The number of hydrogen-bond donors (Lipinski definition) is 1. The fraction of sp³-hybridized carbons (Fsp3) is 0.565. The molecule has 0 amide bonds. The number of aromatic nitrogens is 1. The zero-order chi connectivity index (χ0) is 21.6. The molecule has 168 valence electrons. The SMILES string of the molecule is CCc1nc(CN2CCC(CN=C(N)N3CCN(c4ccc(F)cc4)CC3)CC2)cs1. The first-order chi connectivity index (χ1) is 15.1. The molecule has 0 saturated carbocycles. The molecule has 0 atom stereocenters. The van der Waals surface area contributed by atoms with Crippen LogP contribution in [0.15, 0.2) is 34.6 Å². The van der Waals surface area contributed by atoms with Crippen LogP contribution in [0, 0.1) is 11.7 Å². The third-order valence-corrected chi connectivity index (χ3v) is 7.34. The molecule has 8 heteroatoms. The van der Waals surface area contributed by atoms with Crippen molar-refractivity contribution in [2.75, 3.05) is 50.7 Å². The number of nitrogens with two attached hydrogens (primary N) is 1. The summed E-state index contributed by atoms with van der Waals surface area (Å²) in [4.78, 5) is 16.4. The van der Waals surface area contributed by atoms with Gasteiger partial charge in [-0.3, -0.25) is 9.89 Å². The van der Waals surface area contributed by atoms with Gasteiger partial charge in [0.1, 0.15) is 5.82 Å². The highest BCUT2D eigenvalue weighted by atomic mass is 32.1. The fourth-order valence-corrected chi connectivity index (χ4v) is 5.04. The number of thiazole rings is 1. The number of nitrogens with zero attached hydrogens (tertiary/aromatic N) is 5. The number of halogens is 1. The van der Waals surface area contributed by atoms with E-state index in [0.29, 0.717) is 11.9 Å². The summed E-state index contributed by atoms with van der Waals surface area (Å²) < 4.78 is 13.1. The van der Waals surface area contributed by atoms with Gasteiger partial charge in [-0.15, -0.1) is 11.3 Å². The van der Waals surface area contributed by atoms with E-state index in [9.17, 15) is 4.39 Å². The average molecular weight is 445 g/mol. The van der Waals surface area contributed by atoms with Gasteiger partial charge in [0, 0.05) is 50.3 Å². The van der Waals surface area contributed by atoms with E-state index in [1.54, 1.807) is 11.3 Å². The van der Waals surface area contributed by atoms with E-state index < -0.39 is 0 Å². The van der Waals surface area contributed by atoms with Gasteiger partial charge in [-0.05, 0) is 62.5 Å². The first kappa shape index (κ1) is 22.0. The van der Waals surface area contributed by atoms with Crippen LogP contribution >= 0.6 is 11.3 Å². The lowest BCUT2D eigenvalue weighted by molar-refractivity contribution is 0.179. The maximum absolute atomic E-state index is 13.1. The van der Waals surface area contributed by atoms with Gasteiger partial charge < -0.3 is 15.5 Å². The summed E-state index contributed by atoms with van der Waals surface area (Å²) in [7, 11) is 0. The molecular weight excluding hydrogens is 411 g/mol. The summed E-state index contributed by atoms with van der Waals surface area (Å²) in [6.07, 6.45) is 3.35. The van der Waals surface area contributed by atoms with Gasteiger partial charge in [-0.2, -0.15) is 0 Å². The van der Waals surface area contributed by atoms with Crippen molar-refractivity contribution >= 4 is 23.0 Å². The maximum atomic E-state index is 13.1. The monoisotopic (exact) mass is 444 g/mol. The van der Waals surface area contributed by atoms with E-state index in [1.807, 2.05) is 12.1 Å². The average Bonchev–Trinajstić information content (AvgIpc) is 3.26. The standard InChI is InChI=1S/C23H33FN6S/c1-2-22-27-20(17-31-22)16-28-9-7-18(8-10-28)15-26-23(25)30-13-11-29(12-14-30)21-5-3-19(24)4-6-21/h3-6,17-18H,2,7-16H2,1H3,(H2,25,26). The first-order valence-corrected chi connectivity index (χ1v) is 12.2. The number of aliphatic imine (C=N–C) groups is 1. The first-order valence-electron chi connectivity index (χ1n) is 11.3. The summed E-state index contributed by atoms with van der Waals surface area (Å²) >= 11 is 1.77. The molecule has 0 bridgehead atoms. The lowest BCUT2D eigenvalue weighted by Crippen LogP contribution is -2.51. The number of piperidine rings is 1. The number of aryl methyl sites for hydroxylation is 1. The lowest BCUT2D eigenvalue weighted by atomic mass is 9.97. The van der Waals surface area contributed by atoms with Crippen molar-refractivity contribution < 1.29 is 4.39 Å². The molecule has 0 spiro atoms. The van der Waals surface area contributed by atoms with Gasteiger partial charge in [0.05, 0.1) is 10.7 Å². The van der Waals surface area contributed by atoms with Gasteiger partial charge in [0.25, 0.3) is 0 Å². The topological polar surface area (TPSA) is 61.0 Å². The minimum absolute atomic E-state index is 0.196. The Morgan fingerprint density at radius 3 is 2.48 bits per heavy atom. The number of anilines is 1. The highest BCUT2D eigenvalue weighted by molar-refractivity contribution is 7.09. The van der Waals surface area contributed by atoms with Crippen LogP contribution in [0.2, 0.25) is 0 Å². The number of benzene rings is 1. The summed E-state index contributed by atoms with van der Waals surface area (Å²) in [5, 5.41) is 3.43. The highest BCUT2D eigenvalue weighted by Gasteiger charge is 2.22. The minimum atomic E-state index is -0.196. The van der Waals surface area contributed by atoms with E-state index in [4.69, 9.17) is 15.7 Å². The summed E-state index contributed by atoms with van der Waals surface area (Å²) in [5.41, 5.74) is 8.58. The van der Waals surface area contributed by atoms with Gasteiger partial charge in [0.15, 0.2) is 5.96 Å².